The highest BCUT2D eigenvalue weighted by molar-refractivity contribution is 5.10. The van der Waals surface area contributed by atoms with Crippen LogP contribution in [0.4, 0.5) is 0 Å². The molecule has 0 bridgehead atoms. The summed E-state index contributed by atoms with van der Waals surface area (Å²) < 4.78 is 3.91. The molecule has 18 heavy (non-hydrogen) atoms. The average molecular weight is 247 g/mol. The van der Waals surface area contributed by atoms with Gasteiger partial charge in [-0.1, -0.05) is 6.92 Å². The molecule has 2 aromatic rings. The lowest BCUT2D eigenvalue weighted by Crippen LogP contribution is -2.14. The van der Waals surface area contributed by atoms with Gasteiger partial charge in [-0.15, -0.1) is 0 Å². The zero-order chi connectivity index (χ0) is 13.0. The molecule has 0 amide bonds. The maximum atomic E-state index is 4.41. The highest BCUT2D eigenvalue weighted by Gasteiger charge is 2.09. The molecular formula is C13H21N5. The minimum atomic E-state index is 0.399. The van der Waals surface area contributed by atoms with E-state index in [4.69, 9.17) is 0 Å². The maximum Gasteiger partial charge on any atom is 0.0537 e. The number of aryl methyl sites for hydroxylation is 3. The van der Waals surface area contributed by atoms with E-state index in [1.165, 1.54) is 11.3 Å². The van der Waals surface area contributed by atoms with Gasteiger partial charge in [0.1, 0.15) is 0 Å². The molecule has 5 heteroatoms. The van der Waals surface area contributed by atoms with Crippen molar-refractivity contribution in [3.63, 3.8) is 0 Å². The van der Waals surface area contributed by atoms with E-state index >= 15 is 0 Å². The van der Waals surface area contributed by atoms with Gasteiger partial charge < -0.3 is 5.32 Å². The summed E-state index contributed by atoms with van der Waals surface area (Å²) in [4.78, 5) is 0. The maximum absolute atomic E-state index is 4.41. The van der Waals surface area contributed by atoms with Crippen LogP contribution in [0.2, 0.25) is 0 Å². The van der Waals surface area contributed by atoms with Crippen LogP contribution >= 0.6 is 0 Å². The second-order valence-corrected chi connectivity index (χ2v) is 4.48. The summed E-state index contributed by atoms with van der Waals surface area (Å²) in [6.07, 6.45) is 7.94. The molecule has 0 aliphatic heterocycles. The molecule has 98 valence electrons. The molecule has 2 heterocycles. The standard InChI is InChI=1S/C13H21N5/c1-4-13(14-2)11-9-16-18(10-11)8-6-12-5-7-15-17(12)3/h5,7,9-10,13-14H,4,6,8H2,1-3H3. The van der Waals surface area contributed by atoms with Crippen molar-refractivity contribution in [2.75, 3.05) is 7.05 Å². The Morgan fingerprint density at radius 3 is 2.83 bits per heavy atom. The third-order valence-electron chi connectivity index (χ3n) is 3.33. The number of hydrogen-bond acceptors (Lipinski definition) is 3. The highest BCUT2D eigenvalue weighted by atomic mass is 15.3. The largest absolute Gasteiger partial charge is 0.313 e. The minimum Gasteiger partial charge on any atom is -0.313 e. The van der Waals surface area contributed by atoms with Crippen LogP contribution in [0.25, 0.3) is 0 Å². The summed E-state index contributed by atoms with van der Waals surface area (Å²) in [5.74, 6) is 0. The van der Waals surface area contributed by atoms with E-state index in [-0.39, 0.29) is 0 Å². The Labute approximate surface area is 108 Å². The molecule has 2 rings (SSSR count). The fourth-order valence-electron chi connectivity index (χ4n) is 2.16. The molecule has 1 N–H and O–H groups in total. The van der Waals surface area contributed by atoms with Crippen LogP contribution in [-0.4, -0.2) is 26.6 Å². The second kappa shape index (κ2) is 5.82. The molecule has 0 spiro atoms. The fraction of sp³-hybridized carbons (Fsp3) is 0.538. The predicted octanol–water partition coefficient (Wildman–Crippen LogP) is 1.53. The normalized spacial score (nSPS) is 12.8. The average Bonchev–Trinajstić information content (AvgIpc) is 2.98. The zero-order valence-electron chi connectivity index (χ0n) is 11.3. The van der Waals surface area contributed by atoms with E-state index in [1.807, 2.05) is 41.9 Å². The molecule has 1 atom stereocenters. The van der Waals surface area contributed by atoms with Crippen molar-refractivity contribution in [3.8, 4) is 0 Å². The molecule has 0 saturated carbocycles. The summed E-state index contributed by atoms with van der Waals surface area (Å²) in [7, 11) is 3.96. The SMILES string of the molecule is CCC(NC)c1cnn(CCc2ccnn2C)c1. The molecular weight excluding hydrogens is 226 g/mol. The van der Waals surface area contributed by atoms with Gasteiger partial charge in [-0.2, -0.15) is 10.2 Å². The number of hydrogen-bond donors (Lipinski definition) is 1. The lowest BCUT2D eigenvalue weighted by Gasteiger charge is -2.10. The number of aromatic nitrogens is 4. The molecule has 0 fully saturated rings. The second-order valence-electron chi connectivity index (χ2n) is 4.48. The summed E-state index contributed by atoms with van der Waals surface area (Å²) in [5.41, 5.74) is 2.48. The van der Waals surface area contributed by atoms with Gasteiger partial charge in [0.2, 0.25) is 0 Å². The van der Waals surface area contributed by atoms with Crippen molar-refractivity contribution in [3.05, 3.63) is 35.9 Å². The Morgan fingerprint density at radius 1 is 1.39 bits per heavy atom. The van der Waals surface area contributed by atoms with Crippen molar-refractivity contribution < 1.29 is 0 Å². The van der Waals surface area contributed by atoms with Gasteiger partial charge in [0.25, 0.3) is 0 Å². The molecule has 1 unspecified atom stereocenters. The van der Waals surface area contributed by atoms with Gasteiger partial charge in [0.05, 0.1) is 6.20 Å². The van der Waals surface area contributed by atoms with E-state index < -0.39 is 0 Å². The van der Waals surface area contributed by atoms with Gasteiger partial charge in [-0.3, -0.25) is 9.36 Å². The highest BCUT2D eigenvalue weighted by Crippen LogP contribution is 2.14. The third-order valence-corrected chi connectivity index (χ3v) is 3.33. The van der Waals surface area contributed by atoms with Crippen molar-refractivity contribution in [2.24, 2.45) is 7.05 Å². The Morgan fingerprint density at radius 2 is 2.22 bits per heavy atom. The van der Waals surface area contributed by atoms with E-state index in [1.54, 1.807) is 0 Å². The number of nitrogens with one attached hydrogen (secondary N) is 1. The van der Waals surface area contributed by atoms with Gasteiger partial charge in [-0.25, -0.2) is 0 Å². The molecule has 0 saturated heterocycles. The van der Waals surface area contributed by atoms with E-state index in [0.717, 1.165) is 19.4 Å². The van der Waals surface area contributed by atoms with Crippen LogP contribution in [0.1, 0.15) is 30.6 Å². The van der Waals surface area contributed by atoms with Crippen molar-refractivity contribution in [2.45, 2.75) is 32.4 Å². The summed E-state index contributed by atoms with van der Waals surface area (Å²) in [6, 6.07) is 2.45. The van der Waals surface area contributed by atoms with Gasteiger partial charge in [0.15, 0.2) is 0 Å². The molecule has 5 nitrogen and oxygen atoms in total. The molecule has 0 aliphatic rings. The van der Waals surface area contributed by atoms with Crippen LogP contribution < -0.4 is 5.32 Å². The third kappa shape index (κ3) is 2.79. The van der Waals surface area contributed by atoms with Crippen molar-refractivity contribution in [1.29, 1.82) is 0 Å². The predicted molar refractivity (Wildman–Crippen MR) is 71.2 cm³/mol. The Bertz CT molecular complexity index is 481. The fourth-order valence-corrected chi connectivity index (χ4v) is 2.16. The van der Waals surface area contributed by atoms with E-state index in [2.05, 4.69) is 28.6 Å². The molecule has 0 radical (unpaired) electrons. The lowest BCUT2D eigenvalue weighted by atomic mass is 10.1. The van der Waals surface area contributed by atoms with Crippen LogP contribution in [0, 0.1) is 0 Å². The first-order valence-electron chi connectivity index (χ1n) is 6.41. The van der Waals surface area contributed by atoms with Crippen LogP contribution in [0.5, 0.6) is 0 Å². The quantitative estimate of drug-likeness (QED) is 0.842. The lowest BCUT2D eigenvalue weighted by molar-refractivity contribution is 0.568. The Balaban J connectivity index is 1.97. The molecule has 0 aromatic carbocycles. The van der Waals surface area contributed by atoms with E-state index in [0.29, 0.717) is 6.04 Å². The zero-order valence-corrected chi connectivity index (χ0v) is 11.3. The van der Waals surface area contributed by atoms with Crippen molar-refractivity contribution in [1.82, 2.24) is 24.9 Å². The summed E-state index contributed by atoms with van der Waals surface area (Å²) >= 11 is 0. The van der Waals surface area contributed by atoms with Crippen LogP contribution in [-0.2, 0) is 20.0 Å². The van der Waals surface area contributed by atoms with Gasteiger partial charge in [-0.05, 0) is 19.5 Å². The molecule has 0 aliphatic carbocycles. The van der Waals surface area contributed by atoms with Crippen LogP contribution in [0.15, 0.2) is 24.7 Å². The van der Waals surface area contributed by atoms with Crippen molar-refractivity contribution >= 4 is 0 Å². The van der Waals surface area contributed by atoms with E-state index in [9.17, 15) is 0 Å². The van der Waals surface area contributed by atoms with Gasteiger partial charge >= 0.3 is 0 Å². The molecule has 2 aromatic heterocycles. The summed E-state index contributed by atoms with van der Waals surface area (Å²) in [5, 5.41) is 11.9. The monoisotopic (exact) mass is 247 g/mol. The first-order valence-corrected chi connectivity index (χ1v) is 6.41. The Kier molecular flexibility index (Phi) is 4.15. The first-order chi connectivity index (χ1) is 8.74. The van der Waals surface area contributed by atoms with Crippen LogP contribution in [0.3, 0.4) is 0 Å². The topological polar surface area (TPSA) is 47.7 Å². The Hall–Kier alpha value is -1.62. The number of rotatable bonds is 6. The smallest absolute Gasteiger partial charge is 0.0537 e. The number of nitrogens with zero attached hydrogens (tertiary/aromatic N) is 4. The first kappa shape index (κ1) is 12.8. The summed E-state index contributed by atoms with van der Waals surface area (Å²) in [6.45, 7) is 3.06. The van der Waals surface area contributed by atoms with Gasteiger partial charge in [0, 0.05) is 49.7 Å². The minimum absolute atomic E-state index is 0.399.